The fraction of sp³-hybridized carbons (Fsp3) is 0.294. The fourth-order valence-electron chi connectivity index (χ4n) is 2.38. The van der Waals surface area contributed by atoms with E-state index in [1.54, 1.807) is 13.8 Å². The molecule has 1 aromatic heterocycles. The molecule has 0 aliphatic heterocycles. The second-order valence-electron chi connectivity index (χ2n) is 5.86. The van der Waals surface area contributed by atoms with E-state index >= 15 is 0 Å². The number of hydrogen-bond acceptors (Lipinski definition) is 5. The van der Waals surface area contributed by atoms with Crippen molar-refractivity contribution in [1.29, 1.82) is 0 Å². The smallest absolute Gasteiger partial charge is 0.339 e. The van der Waals surface area contributed by atoms with Gasteiger partial charge in [0.2, 0.25) is 0 Å². The first kappa shape index (κ1) is 18.7. The molecule has 1 amide bonds. The lowest BCUT2D eigenvalue weighted by molar-refractivity contribution is 0.0694. The van der Waals surface area contributed by atoms with Crippen LogP contribution in [0, 0.1) is 20.8 Å². The maximum absolute atomic E-state index is 12.4. The van der Waals surface area contributed by atoms with E-state index in [1.807, 2.05) is 0 Å². The van der Waals surface area contributed by atoms with Gasteiger partial charge in [-0.15, -0.1) is 0 Å². The van der Waals surface area contributed by atoms with Gasteiger partial charge < -0.3 is 14.8 Å². The largest absolute Gasteiger partial charge is 0.478 e. The Morgan fingerprint density at radius 1 is 1.12 bits per heavy atom. The van der Waals surface area contributed by atoms with Crippen molar-refractivity contribution in [2.24, 2.45) is 0 Å². The van der Waals surface area contributed by atoms with E-state index in [1.165, 1.54) is 25.1 Å². The van der Waals surface area contributed by atoms with Crippen LogP contribution in [0.2, 0.25) is 0 Å². The molecule has 8 heteroatoms. The quantitative estimate of drug-likeness (QED) is 0.840. The van der Waals surface area contributed by atoms with Crippen LogP contribution in [0.25, 0.3) is 0 Å². The van der Waals surface area contributed by atoms with E-state index in [9.17, 15) is 18.0 Å². The van der Waals surface area contributed by atoms with E-state index in [-0.39, 0.29) is 28.3 Å². The third-order valence-electron chi connectivity index (χ3n) is 3.94. The first-order valence-electron chi connectivity index (χ1n) is 7.42. The van der Waals surface area contributed by atoms with Crippen molar-refractivity contribution in [3.8, 4) is 0 Å². The molecule has 1 aromatic carbocycles. The Balaban J connectivity index is 2.25. The van der Waals surface area contributed by atoms with E-state index in [4.69, 9.17) is 9.52 Å². The van der Waals surface area contributed by atoms with Gasteiger partial charge in [-0.3, -0.25) is 4.79 Å². The third kappa shape index (κ3) is 4.08. The number of carboxylic acid groups (broad SMARTS) is 1. The maximum Gasteiger partial charge on any atom is 0.339 e. The Bertz CT molecular complexity index is 956. The number of aryl methyl sites for hydroxylation is 2. The van der Waals surface area contributed by atoms with Gasteiger partial charge in [-0.1, -0.05) is 0 Å². The number of hydrogen-bond donors (Lipinski definition) is 2. The summed E-state index contributed by atoms with van der Waals surface area (Å²) in [5.41, 5.74) is 1.65. The summed E-state index contributed by atoms with van der Waals surface area (Å²) in [7, 11) is -3.44. The predicted octanol–water partition coefficient (Wildman–Crippen LogP) is 2.24. The number of rotatable bonds is 5. The molecule has 2 aromatic rings. The van der Waals surface area contributed by atoms with Gasteiger partial charge in [0.1, 0.15) is 17.1 Å². The molecule has 0 radical (unpaired) electrons. The van der Waals surface area contributed by atoms with Crippen LogP contribution in [0.1, 0.15) is 43.4 Å². The molecule has 0 unspecified atom stereocenters. The van der Waals surface area contributed by atoms with E-state index in [0.717, 1.165) is 6.26 Å². The highest BCUT2D eigenvalue weighted by atomic mass is 32.2. The predicted molar refractivity (Wildman–Crippen MR) is 90.6 cm³/mol. The molecule has 25 heavy (non-hydrogen) atoms. The zero-order valence-corrected chi connectivity index (χ0v) is 15.2. The number of nitrogens with one attached hydrogen (secondary N) is 1. The van der Waals surface area contributed by atoms with E-state index in [2.05, 4.69) is 5.32 Å². The minimum absolute atomic E-state index is 0.00541. The Kier molecular flexibility index (Phi) is 5.03. The SMILES string of the molecule is Cc1cc(S(C)(=O)=O)cc(C(=O)NCc2cc(C(=O)O)c(C)o2)c1C. The van der Waals surface area contributed by atoms with Crippen molar-refractivity contribution < 1.29 is 27.5 Å². The number of aromatic carboxylic acids is 1. The van der Waals surface area contributed by atoms with Crippen molar-refractivity contribution in [3.63, 3.8) is 0 Å². The van der Waals surface area contributed by atoms with Gasteiger partial charge in [-0.05, 0) is 50.1 Å². The van der Waals surface area contributed by atoms with Gasteiger partial charge >= 0.3 is 5.97 Å². The van der Waals surface area contributed by atoms with Gasteiger partial charge in [-0.2, -0.15) is 0 Å². The number of sulfone groups is 1. The van der Waals surface area contributed by atoms with Gasteiger partial charge in [0, 0.05) is 11.8 Å². The van der Waals surface area contributed by atoms with E-state index < -0.39 is 21.7 Å². The Labute approximate surface area is 145 Å². The minimum Gasteiger partial charge on any atom is -0.478 e. The van der Waals surface area contributed by atoms with Crippen LogP contribution in [-0.4, -0.2) is 31.7 Å². The molecular weight excluding hydrogens is 346 g/mol. The van der Waals surface area contributed by atoms with Crippen LogP contribution in [-0.2, 0) is 16.4 Å². The lowest BCUT2D eigenvalue weighted by atomic mass is 10.0. The van der Waals surface area contributed by atoms with Crippen molar-refractivity contribution in [3.05, 3.63) is 52.0 Å². The Hall–Kier alpha value is -2.61. The number of furan rings is 1. The topological polar surface area (TPSA) is 114 Å². The number of carbonyl (C=O) groups excluding carboxylic acids is 1. The lowest BCUT2D eigenvalue weighted by Crippen LogP contribution is -2.24. The molecule has 0 aliphatic carbocycles. The molecule has 0 bridgehead atoms. The average molecular weight is 365 g/mol. The highest BCUT2D eigenvalue weighted by Crippen LogP contribution is 2.20. The molecule has 134 valence electrons. The summed E-state index contributed by atoms with van der Waals surface area (Å²) in [6.07, 6.45) is 1.08. The van der Waals surface area contributed by atoms with Crippen LogP contribution < -0.4 is 5.32 Å². The third-order valence-corrected chi connectivity index (χ3v) is 5.03. The molecule has 0 saturated heterocycles. The minimum atomic E-state index is -3.44. The molecule has 1 heterocycles. The zero-order valence-electron chi connectivity index (χ0n) is 14.3. The number of amides is 1. The maximum atomic E-state index is 12.4. The number of carboxylic acids is 1. The molecular formula is C17H19NO6S. The molecule has 0 saturated carbocycles. The van der Waals surface area contributed by atoms with Crippen LogP contribution in [0.15, 0.2) is 27.5 Å². The Morgan fingerprint density at radius 3 is 2.28 bits per heavy atom. The van der Waals surface area contributed by atoms with Gasteiger partial charge in [-0.25, -0.2) is 13.2 Å². The summed E-state index contributed by atoms with van der Waals surface area (Å²) in [6, 6.07) is 4.21. The molecule has 2 N–H and O–H groups in total. The molecule has 0 atom stereocenters. The van der Waals surface area contributed by atoms with Gasteiger partial charge in [0.25, 0.3) is 5.91 Å². The summed E-state index contributed by atoms with van der Waals surface area (Å²) < 4.78 is 28.8. The second kappa shape index (κ2) is 6.72. The normalized spacial score (nSPS) is 11.4. The van der Waals surface area contributed by atoms with Crippen molar-refractivity contribution in [2.45, 2.75) is 32.2 Å². The van der Waals surface area contributed by atoms with Gasteiger partial charge in [0.15, 0.2) is 9.84 Å². The van der Waals surface area contributed by atoms with Crippen molar-refractivity contribution in [2.75, 3.05) is 6.26 Å². The summed E-state index contributed by atoms with van der Waals surface area (Å²) >= 11 is 0. The molecule has 0 aliphatic rings. The fourth-order valence-corrected chi connectivity index (χ4v) is 3.10. The van der Waals surface area contributed by atoms with Gasteiger partial charge in [0.05, 0.1) is 11.4 Å². The summed E-state index contributed by atoms with van der Waals surface area (Å²) in [5.74, 6) is -1.01. The second-order valence-corrected chi connectivity index (χ2v) is 7.87. The van der Waals surface area contributed by atoms with Crippen LogP contribution in [0.5, 0.6) is 0 Å². The van der Waals surface area contributed by atoms with Crippen molar-refractivity contribution in [1.82, 2.24) is 5.32 Å². The van der Waals surface area contributed by atoms with Crippen molar-refractivity contribution >= 4 is 21.7 Å². The van der Waals surface area contributed by atoms with E-state index in [0.29, 0.717) is 16.9 Å². The summed E-state index contributed by atoms with van der Waals surface area (Å²) in [5, 5.41) is 11.6. The average Bonchev–Trinajstić information content (AvgIpc) is 2.87. The zero-order chi connectivity index (χ0) is 18.9. The standard InChI is InChI=1S/C17H19NO6S/c1-9-5-13(25(4,22)23)7-14(10(9)2)16(19)18-8-12-6-15(17(20)21)11(3)24-12/h5-7H,8H2,1-4H3,(H,18,19)(H,20,21). The Morgan fingerprint density at radius 2 is 1.76 bits per heavy atom. The highest BCUT2D eigenvalue weighted by Gasteiger charge is 2.18. The molecule has 7 nitrogen and oxygen atoms in total. The summed E-state index contributed by atoms with van der Waals surface area (Å²) in [6.45, 7) is 4.98. The molecule has 0 fully saturated rings. The monoisotopic (exact) mass is 365 g/mol. The first-order chi connectivity index (χ1) is 11.5. The first-order valence-corrected chi connectivity index (χ1v) is 9.32. The number of carbonyl (C=O) groups is 2. The van der Waals surface area contributed by atoms with Crippen LogP contribution in [0.3, 0.4) is 0 Å². The van der Waals surface area contributed by atoms with Crippen LogP contribution in [0.4, 0.5) is 0 Å². The van der Waals surface area contributed by atoms with Crippen LogP contribution >= 0.6 is 0 Å². The lowest BCUT2D eigenvalue weighted by Gasteiger charge is -2.11. The summed E-state index contributed by atoms with van der Waals surface area (Å²) in [4.78, 5) is 23.5. The molecule has 2 rings (SSSR count). The molecule has 0 spiro atoms. The highest BCUT2D eigenvalue weighted by molar-refractivity contribution is 7.90. The number of benzene rings is 1.